The summed E-state index contributed by atoms with van der Waals surface area (Å²) in [5, 5.41) is 7.41. The molecule has 0 aliphatic rings. The first kappa shape index (κ1) is 20.4. The predicted octanol–water partition coefficient (Wildman–Crippen LogP) is 4.02. The summed E-state index contributed by atoms with van der Waals surface area (Å²) >= 11 is 0. The van der Waals surface area contributed by atoms with Gasteiger partial charge in [0.1, 0.15) is 19.0 Å². The molecule has 4 aromatic rings. The molecule has 8 heteroatoms. The molecule has 0 aliphatic carbocycles. The Morgan fingerprint density at radius 3 is 2.55 bits per heavy atom. The highest BCUT2D eigenvalue weighted by Gasteiger charge is 2.18. The number of hydrogen-bond donors (Lipinski definition) is 1. The van der Waals surface area contributed by atoms with Crippen molar-refractivity contribution in [2.24, 2.45) is 0 Å². The number of hydrogen-bond acceptors (Lipinski definition) is 7. The molecule has 2 heterocycles. The fourth-order valence-electron chi connectivity index (χ4n) is 2.92. The highest BCUT2D eigenvalue weighted by molar-refractivity contribution is 5.82. The number of carbonyl (C=O) groups is 1. The molecule has 0 radical (unpaired) electrons. The number of rotatable bonds is 9. The summed E-state index contributed by atoms with van der Waals surface area (Å²) < 4.78 is 17.3. The number of ether oxygens (including phenoxy) is 2. The number of anilines is 1. The zero-order valence-corrected chi connectivity index (χ0v) is 17.0. The SMILES string of the molecule is COCC(=O)n1nc(-c2ccco2)nc1NCc1ccc(OCc2ccccc2)cc1. The topological polar surface area (TPSA) is 91.4 Å². The Morgan fingerprint density at radius 2 is 1.84 bits per heavy atom. The summed E-state index contributed by atoms with van der Waals surface area (Å²) in [6, 6.07) is 21.2. The molecule has 2 aromatic carbocycles. The van der Waals surface area contributed by atoms with E-state index in [1.165, 1.54) is 18.1 Å². The molecule has 0 unspecified atom stereocenters. The van der Waals surface area contributed by atoms with Crippen molar-refractivity contribution in [1.82, 2.24) is 14.8 Å². The number of aromatic nitrogens is 3. The standard InChI is InChI=1S/C23H22N4O4/c1-29-16-21(28)27-23(25-22(26-27)20-8-5-13-30-20)24-14-17-9-11-19(12-10-17)31-15-18-6-3-2-4-7-18/h2-13H,14-16H2,1H3,(H,24,25,26). The minimum Gasteiger partial charge on any atom is -0.489 e. The Morgan fingerprint density at radius 1 is 1.03 bits per heavy atom. The van der Waals surface area contributed by atoms with Crippen molar-refractivity contribution in [3.63, 3.8) is 0 Å². The van der Waals surface area contributed by atoms with Gasteiger partial charge in [0.15, 0.2) is 5.76 Å². The zero-order chi connectivity index (χ0) is 21.5. The molecule has 2 aromatic heterocycles. The molecule has 4 rings (SSSR count). The Bertz CT molecular complexity index is 1110. The number of nitrogens with zero attached hydrogens (tertiary/aromatic N) is 3. The van der Waals surface area contributed by atoms with Crippen molar-refractivity contribution < 1.29 is 18.7 Å². The van der Waals surface area contributed by atoms with Crippen molar-refractivity contribution >= 4 is 11.9 Å². The summed E-state index contributed by atoms with van der Waals surface area (Å²) in [6.45, 7) is 0.858. The van der Waals surface area contributed by atoms with Crippen LogP contribution >= 0.6 is 0 Å². The highest BCUT2D eigenvalue weighted by Crippen LogP contribution is 2.19. The van der Waals surface area contributed by atoms with Crippen LogP contribution in [0.5, 0.6) is 5.75 Å². The van der Waals surface area contributed by atoms with Crippen molar-refractivity contribution in [1.29, 1.82) is 0 Å². The minimum absolute atomic E-state index is 0.108. The van der Waals surface area contributed by atoms with Crippen LogP contribution in [0.4, 0.5) is 5.95 Å². The van der Waals surface area contributed by atoms with E-state index < -0.39 is 0 Å². The second-order valence-electron chi connectivity index (χ2n) is 6.75. The summed E-state index contributed by atoms with van der Waals surface area (Å²) in [5.41, 5.74) is 2.11. The van der Waals surface area contributed by atoms with E-state index in [9.17, 15) is 4.79 Å². The maximum absolute atomic E-state index is 12.3. The van der Waals surface area contributed by atoms with E-state index in [0.29, 0.717) is 30.7 Å². The first-order valence-corrected chi connectivity index (χ1v) is 9.75. The van der Waals surface area contributed by atoms with Crippen LogP contribution in [0.1, 0.15) is 15.9 Å². The van der Waals surface area contributed by atoms with Gasteiger partial charge in [0.2, 0.25) is 11.8 Å². The third-order valence-corrected chi connectivity index (χ3v) is 4.48. The Balaban J connectivity index is 1.41. The maximum atomic E-state index is 12.3. The lowest BCUT2D eigenvalue weighted by atomic mass is 10.2. The Hall–Kier alpha value is -3.91. The molecule has 0 saturated heterocycles. The van der Waals surface area contributed by atoms with Gasteiger partial charge in [-0.25, -0.2) is 0 Å². The number of furan rings is 1. The van der Waals surface area contributed by atoms with Gasteiger partial charge < -0.3 is 19.2 Å². The average molecular weight is 418 g/mol. The van der Waals surface area contributed by atoms with Crippen LogP contribution in [-0.4, -0.2) is 34.4 Å². The van der Waals surface area contributed by atoms with E-state index >= 15 is 0 Å². The van der Waals surface area contributed by atoms with Crippen LogP contribution in [0.2, 0.25) is 0 Å². The van der Waals surface area contributed by atoms with Crippen molar-refractivity contribution in [2.45, 2.75) is 13.2 Å². The van der Waals surface area contributed by atoms with E-state index in [-0.39, 0.29) is 12.5 Å². The first-order chi connectivity index (χ1) is 15.2. The van der Waals surface area contributed by atoms with Crippen LogP contribution < -0.4 is 10.1 Å². The van der Waals surface area contributed by atoms with E-state index in [4.69, 9.17) is 13.9 Å². The van der Waals surface area contributed by atoms with Crippen molar-refractivity contribution in [3.8, 4) is 17.3 Å². The van der Waals surface area contributed by atoms with Gasteiger partial charge in [-0.15, -0.1) is 5.10 Å². The molecular weight excluding hydrogens is 396 g/mol. The molecule has 8 nitrogen and oxygen atoms in total. The lowest BCUT2D eigenvalue weighted by Gasteiger charge is -2.09. The Labute approximate surface area is 179 Å². The molecule has 1 N–H and O–H groups in total. The third-order valence-electron chi connectivity index (χ3n) is 4.48. The summed E-state index contributed by atoms with van der Waals surface area (Å²) in [7, 11) is 1.46. The lowest BCUT2D eigenvalue weighted by molar-refractivity contribution is 0.0748. The predicted molar refractivity (Wildman–Crippen MR) is 115 cm³/mol. The minimum atomic E-state index is -0.333. The van der Waals surface area contributed by atoms with Crippen LogP contribution in [0.15, 0.2) is 77.4 Å². The normalized spacial score (nSPS) is 10.7. The van der Waals surface area contributed by atoms with Gasteiger partial charge in [0, 0.05) is 13.7 Å². The molecule has 0 saturated carbocycles. The van der Waals surface area contributed by atoms with Gasteiger partial charge in [0.05, 0.1) is 6.26 Å². The van der Waals surface area contributed by atoms with Crippen molar-refractivity contribution in [3.05, 3.63) is 84.1 Å². The molecule has 158 valence electrons. The fourth-order valence-corrected chi connectivity index (χ4v) is 2.92. The molecule has 31 heavy (non-hydrogen) atoms. The monoisotopic (exact) mass is 418 g/mol. The molecular formula is C23H22N4O4. The zero-order valence-electron chi connectivity index (χ0n) is 17.0. The van der Waals surface area contributed by atoms with E-state index in [1.54, 1.807) is 12.1 Å². The maximum Gasteiger partial charge on any atom is 0.276 e. The fraction of sp³-hybridized carbons (Fsp3) is 0.174. The van der Waals surface area contributed by atoms with Gasteiger partial charge in [-0.1, -0.05) is 42.5 Å². The lowest BCUT2D eigenvalue weighted by Crippen LogP contribution is -2.20. The first-order valence-electron chi connectivity index (χ1n) is 9.75. The van der Waals surface area contributed by atoms with E-state index in [1.807, 2.05) is 54.6 Å². The third kappa shape index (κ3) is 5.18. The van der Waals surface area contributed by atoms with Crippen LogP contribution in [0.3, 0.4) is 0 Å². The van der Waals surface area contributed by atoms with Gasteiger partial charge in [-0.3, -0.25) is 4.79 Å². The van der Waals surface area contributed by atoms with Crippen LogP contribution in [0.25, 0.3) is 11.6 Å². The van der Waals surface area contributed by atoms with Crippen molar-refractivity contribution in [2.75, 3.05) is 19.0 Å². The van der Waals surface area contributed by atoms with E-state index in [2.05, 4.69) is 15.4 Å². The average Bonchev–Trinajstić information content (AvgIpc) is 3.48. The second-order valence-corrected chi connectivity index (χ2v) is 6.75. The van der Waals surface area contributed by atoms with Gasteiger partial charge in [-0.05, 0) is 35.4 Å². The van der Waals surface area contributed by atoms with Gasteiger partial charge in [-0.2, -0.15) is 9.67 Å². The van der Waals surface area contributed by atoms with Crippen LogP contribution in [-0.2, 0) is 17.9 Å². The molecule has 0 fully saturated rings. The van der Waals surface area contributed by atoms with Crippen LogP contribution in [0, 0.1) is 0 Å². The molecule has 0 spiro atoms. The number of methoxy groups -OCH3 is 1. The largest absolute Gasteiger partial charge is 0.489 e. The quantitative estimate of drug-likeness (QED) is 0.439. The Kier molecular flexibility index (Phi) is 6.39. The summed E-state index contributed by atoms with van der Waals surface area (Å²) in [4.78, 5) is 16.7. The summed E-state index contributed by atoms with van der Waals surface area (Å²) in [5.74, 6) is 1.57. The molecule has 0 atom stereocenters. The molecule has 0 amide bonds. The number of benzene rings is 2. The molecule has 0 aliphatic heterocycles. The van der Waals surface area contributed by atoms with E-state index in [0.717, 1.165) is 16.9 Å². The van der Waals surface area contributed by atoms with Gasteiger partial charge in [0.25, 0.3) is 5.91 Å². The van der Waals surface area contributed by atoms with Gasteiger partial charge >= 0.3 is 0 Å². The molecule has 0 bridgehead atoms. The number of nitrogens with one attached hydrogen (secondary N) is 1. The summed E-state index contributed by atoms with van der Waals surface area (Å²) in [6.07, 6.45) is 1.53. The smallest absolute Gasteiger partial charge is 0.276 e. The number of carbonyl (C=O) groups excluding carboxylic acids is 1. The second kappa shape index (κ2) is 9.73. The highest BCUT2D eigenvalue weighted by atomic mass is 16.5.